The van der Waals surface area contributed by atoms with Gasteiger partial charge in [0.1, 0.15) is 12.1 Å². The number of aromatic nitrogens is 5. The lowest BCUT2D eigenvalue weighted by Crippen LogP contribution is -2.27. The fraction of sp³-hybridized carbons (Fsp3) is 0.294. The summed E-state index contributed by atoms with van der Waals surface area (Å²) in [4.78, 5) is 20.8. The molecule has 7 nitrogen and oxygen atoms in total. The molecule has 7 heteroatoms. The van der Waals surface area contributed by atoms with E-state index < -0.39 is 0 Å². The van der Waals surface area contributed by atoms with Crippen molar-refractivity contribution in [1.82, 2.24) is 29.6 Å². The van der Waals surface area contributed by atoms with Gasteiger partial charge in [-0.2, -0.15) is 5.10 Å². The van der Waals surface area contributed by atoms with E-state index >= 15 is 0 Å². The second kappa shape index (κ2) is 6.27. The van der Waals surface area contributed by atoms with Crippen molar-refractivity contribution in [2.24, 2.45) is 7.05 Å². The number of imidazole rings is 1. The summed E-state index contributed by atoms with van der Waals surface area (Å²) < 4.78 is 3.59. The van der Waals surface area contributed by atoms with Crippen LogP contribution in [0.25, 0.3) is 5.82 Å². The van der Waals surface area contributed by atoms with E-state index in [0.29, 0.717) is 11.4 Å². The Morgan fingerprint density at radius 3 is 2.71 bits per heavy atom. The van der Waals surface area contributed by atoms with Crippen LogP contribution in [0.4, 0.5) is 0 Å². The molecule has 0 aliphatic rings. The Balaban J connectivity index is 1.81. The summed E-state index contributed by atoms with van der Waals surface area (Å²) >= 11 is 0. The summed E-state index contributed by atoms with van der Waals surface area (Å²) in [6.07, 6.45) is 6.73. The molecule has 0 bridgehead atoms. The van der Waals surface area contributed by atoms with Crippen LogP contribution in [0.5, 0.6) is 0 Å². The largest absolute Gasteiger partial charge is 0.345 e. The van der Waals surface area contributed by atoms with Crippen molar-refractivity contribution in [1.29, 1.82) is 0 Å². The molecule has 0 fully saturated rings. The number of rotatable bonds is 4. The molecule has 1 atom stereocenters. The number of hydrogen-bond acceptors (Lipinski definition) is 4. The van der Waals surface area contributed by atoms with E-state index in [4.69, 9.17) is 0 Å². The molecule has 3 aromatic rings. The van der Waals surface area contributed by atoms with Crippen LogP contribution in [0, 0.1) is 13.8 Å². The van der Waals surface area contributed by atoms with Gasteiger partial charge in [0.15, 0.2) is 0 Å². The third-order valence-electron chi connectivity index (χ3n) is 4.12. The third kappa shape index (κ3) is 2.92. The fourth-order valence-electron chi connectivity index (χ4n) is 2.86. The fourth-order valence-corrected chi connectivity index (χ4v) is 2.86. The number of aryl methyl sites for hydroxylation is 2. The normalized spacial score (nSPS) is 12.2. The van der Waals surface area contributed by atoms with E-state index in [2.05, 4.69) is 20.4 Å². The van der Waals surface area contributed by atoms with Gasteiger partial charge in [0, 0.05) is 42.5 Å². The predicted octanol–water partition coefficient (Wildman–Crippen LogP) is 2.11. The molecule has 24 heavy (non-hydrogen) atoms. The number of pyridine rings is 1. The minimum atomic E-state index is -0.145. The average molecular weight is 324 g/mol. The van der Waals surface area contributed by atoms with Crippen LogP contribution in [0.2, 0.25) is 0 Å². The number of nitrogens with one attached hydrogen (secondary N) is 1. The molecule has 1 amide bonds. The molecule has 0 spiro atoms. The smallest absolute Gasteiger partial charge is 0.251 e. The minimum absolute atomic E-state index is 0.129. The van der Waals surface area contributed by atoms with Crippen molar-refractivity contribution < 1.29 is 4.79 Å². The van der Waals surface area contributed by atoms with Gasteiger partial charge < -0.3 is 5.32 Å². The molecule has 3 heterocycles. The van der Waals surface area contributed by atoms with Crippen LogP contribution in [0.1, 0.15) is 40.3 Å². The maximum Gasteiger partial charge on any atom is 0.251 e. The van der Waals surface area contributed by atoms with Crippen LogP contribution < -0.4 is 5.32 Å². The van der Waals surface area contributed by atoms with Crippen LogP contribution in [-0.2, 0) is 7.05 Å². The van der Waals surface area contributed by atoms with Crippen molar-refractivity contribution in [3.63, 3.8) is 0 Å². The highest BCUT2D eigenvalue weighted by Gasteiger charge is 2.19. The Morgan fingerprint density at radius 1 is 1.29 bits per heavy atom. The molecule has 0 saturated carbocycles. The first-order valence-corrected chi connectivity index (χ1v) is 7.72. The average Bonchev–Trinajstić information content (AvgIpc) is 3.16. The van der Waals surface area contributed by atoms with Gasteiger partial charge in [0.25, 0.3) is 5.91 Å². The zero-order chi connectivity index (χ0) is 17.3. The molecule has 0 aromatic carbocycles. The van der Waals surface area contributed by atoms with E-state index in [1.54, 1.807) is 41.6 Å². The van der Waals surface area contributed by atoms with E-state index in [-0.39, 0.29) is 11.9 Å². The number of carbonyl (C=O) groups is 1. The van der Waals surface area contributed by atoms with Crippen LogP contribution in [0.3, 0.4) is 0 Å². The highest BCUT2D eigenvalue weighted by atomic mass is 16.1. The second-order valence-electron chi connectivity index (χ2n) is 5.78. The molecule has 0 aliphatic heterocycles. The van der Waals surface area contributed by atoms with Crippen molar-refractivity contribution in [2.75, 3.05) is 0 Å². The standard InChI is InChI=1S/C17H20N6O/c1-11(16-12(2)21-22(4)13(16)3)20-17(24)14-5-6-19-15(9-14)23-8-7-18-10-23/h5-11H,1-4H3,(H,20,24)/t11-/m0/s1. The van der Waals surface area contributed by atoms with E-state index in [0.717, 1.165) is 17.0 Å². The van der Waals surface area contributed by atoms with Gasteiger partial charge in [-0.05, 0) is 32.9 Å². The van der Waals surface area contributed by atoms with Crippen LogP contribution in [0.15, 0.2) is 37.1 Å². The van der Waals surface area contributed by atoms with Gasteiger partial charge >= 0.3 is 0 Å². The van der Waals surface area contributed by atoms with Crippen molar-refractivity contribution >= 4 is 5.91 Å². The van der Waals surface area contributed by atoms with E-state index in [1.807, 2.05) is 32.5 Å². The number of amides is 1. The number of nitrogens with zero attached hydrogens (tertiary/aromatic N) is 5. The number of carbonyl (C=O) groups excluding carboxylic acids is 1. The summed E-state index contributed by atoms with van der Waals surface area (Å²) in [6, 6.07) is 3.31. The van der Waals surface area contributed by atoms with Crippen molar-refractivity contribution in [2.45, 2.75) is 26.8 Å². The summed E-state index contributed by atoms with van der Waals surface area (Å²) in [5.74, 6) is 0.510. The lowest BCUT2D eigenvalue weighted by Gasteiger charge is -2.15. The highest BCUT2D eigenvalue weighted by molar-refractivity contribution is 5.94. The maximum atomic E-state index is 12.6. The van der Waals surface area contributed by atoms with Gasteiger partial charge in [-0.25, -0.2) is 9.97 Å². The summed E-state index contributed by atoms with van der Waals surface area (Å²) in [6.45, 7) is 5.92. The molecule has 0 radical (unpaired) electrons. The topological polar surface area (TPSA) is 77.6 Å². The molecular formula is C17H20N6O. The lowest BCUT2D eigenvalue weighted by atomic mass is 10.1. The summed E-state index contributed by atoms with van der Waals surface area (Å²) in [5, 5.41) is 7.44. The number of hydrogen-bond donors (Lipinski definition) is 1. The SMILES string of the molecule is Cc1nn(C)c(C)c1[C@H](C)NC(=O)c1ccnc(-n2ccnc2)c1. The Hall–Kier alpha value is -2.96. The zero-order valence-corrected chi connectivity index (χ0v) is 14.2. The first-order chi connectivity index (χ1) is 11.5. The first-order valence-electron chi connectivity index (χ1n) is 7.72. The van der Waals surface area contributed by atoms with E-state index in [9.17, 15) is 4.79 Å². The monoisotopic (exact) mass is 324 g/mol. The van der Waals surface area contributed by atoms with Crippen LogP contribution in [-0.4, -0.2) is 30.2 Å². The van der Waals surface area contributed by atoms with Crippen molar-refractivity contribution in [3.05, 3.63) is 59.6 Å². The maximum absolute atomic E-state index is 12.6. The Morgan fingerprint density at radius 2 is 2.08 bits per heavy atom. The Bertz CT molecular complexity index is 865. The molecule has 0 saturated heterocycles. The molecule has 124 valence electrons. The predicted molar refractivity (Wildman–Crippen MR) is 89.9 cm³/mol. The first kappa shape index (κ1) is 15.9. The lowest BCUT2D eigenvalue weighted by molar-refractivity contribution is 0.0939. The molecule has 0 aliphatic carbocycles. The Labute approximate surface area is 140 Å². The van der Waals surface area contributed by atoms with Gasteiger partial charge in [-0.15, -0.1) is 0 Å². The molecule has 3 rings (SSSR count). The highest BCUT2D eigenvalue weighted by Crippen LogP contribution is 2.21. The quantitative estimate of drug-likeness (QED) is 0.797. The minimum Gasteiger partial charge on any atom is -0.345 e. The second-order valence-corrected chi connectivity index (χ2v) is 5.78. The van der Waals surface area contributed by atoms with Gasteiger partial charge in [-0.1, -0.05) is 0 Å². The Kier molecular flexibility index (Phi) is 4.16. The van der Waals surface area contributed by atoms with Gasteiger partial charge in [0.05, 0.1) is 11.7 Å². The summed E-state index contributed by atoms with van der Waals surface area (Å²) in [5.41, 5.74) is 3.58. The van der Waals surface area contributed by atoms with E-state index in [1.165, 1.54) is 0 Å². The molecule has 1 N–H and O–H groups in total. The molecule has 3 aromatic heterocycles. The summed E-state index contributed by atoms with van der Waals surface area (Å²) in [7, 11) is 1.90. The zero-order valence-electron chi connectivity index (χ0n) is 14.2. The van der Waals surface area contributed by atoms with Crippen molar-refractivity contribution in [3.8, 4) is 5.82 Å². The molecule has 0 unspecified atom stereocenters. The third-order valence-corrected chi connectivity index (χ3v) is 4.12. The van der Waals surface area contributed by atoms with Crippen LogP contribution >= 0.6 is 0 Å². The molecular weight excluding hydrogens is 304 g/mol. The van der Waals surface area contributed by atoms with Gasteiger partial charge in [0.2, 0.25) is 0 Å². The van der Waals surface area contributed by atoms with Gasteiger partial charge in [-0.3, -0.25) is 14.0 Å².